The Morgan fingerprint density at radius 2 is 1.88 bits per heavy atom. The molecule has 0 amide bonds. The van der Waals surface area contributed by atoms with Gasteiger partial charge in [0.05, 0.1) is 13.2 Å². The van der Waals surface area contributed by atoms with Crippen LogP contribution in [-0.2, 0) is 0 Å². The minimum atomic E-state index is 0.181. The van der Waals surface area contributed by atoms with E-state index in [1.54, 1.807) is 7.11 Å². The maximum Gasteiger partial charge on any atom is 0.153 e. The van der Waals surface area contributed by atoms with Crippen LogP contribution in [0.3, 0.4) is 0 Å². The van der Waals surface area contributed by atoms with Crippen molar-refractivity contribution in [3.05, 3.63) is 71.8 Å². The van der Waals surface area contributed by atoms with Crippen LogP contribution in [0.4, 0.5) is 0 Å². The number of hydrogen-bond donors (Lipinski definition) is 0. The van der Waals surface area contributed by atoms with Crippen molar-refractivity contribution in [1.29, 1.82) is 0 Å². The molecule has 3 aromatic rings. The van der Waals surface area contributed by atoms with Crippen LogP contribution < -0.4 is 9.47 Å². The minimum absolute atomic E-state index is 0.181. The maximum absolute atomic E-state index is 6.37. The summed E-state index contributed by atoms with van der Waals surface area (Å²) in [6.45, 7) is 1.07. The van der Waals surface area contributed by atoms with Crippen molar-refractivity contribution in [1.82, 2.24) is 4.90 Å². The van der Waals surface area contributed by atoms with Crippen molar-refractivity contribution < 1.29 is 9.47 Å². The average Bonchev–Trinajstić information content (AvgIpc) is 3.14. The Morgan fingerprint density at radius 1 is 1.04 bits per heavy atom. The van der Waals surface area contributed by atoms with Crippen LogP contribution in [0.15, 0.2) is 60.7 Å². The highest BCUT2D eigenvalue weighted by Crippen LogP contribution is 2.47. The molecule has 5 rings (SSSR count). The van der Waals surface area contributed by atoms with E-state index in [0.717, 1.165) is 24.5 Å². The summed E-state index contributed by atoms with van der Waals surface area (Å²) in [6, 6.07) is 21.6. The first-order valence-corrected chi connectivity index (χ1v) is 8.93. The quantitative estimate of drug-likeness (QED) is 0.676. The maximum atomic E-state index is 6.37. The smallest absolute Gasteiger partial charge is 0.153 e. The highest BCUT2D eigenvalue weighted by Gasteiger charge is 2.40. The lowest BCUT2D eigenvalue weighted by atomic mass is 9.90. The van der Waals surface area contributed by atoms with Gasteiger partial charge in [-0.05, 0) is 47.4 Å². The fourth-order valence-corrected chi connectivity index (χ4v) is 4.30. The van der Waals surface area contributed by atoms with E-state index < -0.39 is 0 Å². The van der Waals surface area contributed by atoms with Gasteiger partial charge in [-0.3, -0.25) is 4.90 Å². The monoisotopic (exact) mass is 331 g/mol. The van der Waals surface area contributed by atoms with Crippen LogP contribution >= 0.6 is 0 Å². The standard InChI is InChI=1S/C22H21NO2/c1-24-17-11-9-15-10-12-19-21(18(15)14-17)22(16-6-3-2-4-7-16)23-13-5-8-20(23)25-19/h2-4,6-7,9-12,14,20,22H,5,8,13H2,1H3. The van der Waals surface area contributed by atoms with E-state index in [4.69, 9.17) is 9.47 Å². The fourth-order valence-electron chi connectivity index (χ4n) is 4.30. The predicted molar refractivity (Wildman–Crippen MR) is 99.1 cm³/mol. The molecule has 0 bridgehead atoms. The molecule has 3 aromatic carbocycles. The van der Waals surface area contributed by atoms with E-state index >= 15 is 0 Å². The van der Waals surface area contributed by atoms with Gasteiger partial charge in [-0.25, -0.2) is 0 Å². The normalized spacial score (nSPS) is 22.3. The first-order chi connectivity index (χ1) is 12.3. The van der Waals surface area contributed by atoms with Gasteiger partial charge >= 0.3 is 0 Å². The second kappa shape index (κ2) is 5.78. The third-order valence-electron chi connectivity index (χ3n) is 5.45. The van der Waals surface area contributed by atoms with Gasteiger partial charge in [0.1, 0.15) is 11.5 Å². The lowest BCUT2D eigenvalue weighted by molar-refractivity contribution is 0.0176. The van der Waals surface area contributed by atoms with Gasteiger partial charge in [-0.2, -0.15) is 0 Å². The first kappa shape index (κ1) is 14.8. The summed E-state index contributed by atoms with van der Waals surface area (Å²) < 4.78 is 11.9. The van der Waals surface area contributed by atoms with Gasteiger partial charge in [0.25, 0.3) is 0 Å². The SMILES string of the molecule is COc1ccc2ccc3c(c2c1)C(c1ccccc1)N1CCCC1O3. The zero-order valence-corrected chi connectivity index (χ0v) is 14.3. The summed E-state index contributed by atoms with van der Waals surface area (Å²) in [5, 5.41) is 2.44. The van der Waals surface area contributed by atoms with E-state index in [-0.39, 0.29) is 12.3 Å². The van der Waals surface area contributed by atoms with E-state index in [1.165, 1.54) is 28.3 Å². The molecule has 126 valence electrons. The zero-order chi connectivity index (χ0) is 16.8. The molecule has 0 aromatic heterocycles. The van der Waals surface area contributed by atoms with Gasteiger partial charge < -0.3 is 9.47 Å². The molecule has 2 aliphatic rings. The van der Waals surface area contributed by atoms with Gasteiger partial charge in [0.2, 0.25) is 0 Å². The van der Waals surface area contributed by atoms with Crippen molar-refractivity contribution in [3.63, 3.8) is 0 Å². The molecule has 2 heterocycles. The molecular weight excluding hydrogens is 310 g/mol. The van der Waals surface area contributed by atoms with Crippen LogP contribution in [-0.4, -0.2) is 24.8 Å². The first-order valence-electron chi connectivity index (χ1n) is 8.93. The van der Waals surface area contributed by atoms with E-state index in [0.29, 0.717) is 0 Å². The average molecular weight is 331 g/mol. The zero-order valence-electron chi connectivity index (χ0n) is 14.3. The largest absolute Gasteiger partial charge is 0.497 e. The summed E-state index contributed by atoms with van der Waals surface area (Å²) in [6.07, 6.45) is 2.46. The molecule has 2 atom stereocenters. The molecule has 2 unspecified atom stereocenters. The number of fused-ring (bicyclic) bond motifs is 4. The lowest BCUT2D eigenvalue weighted by Crippen LogP contribution is -2.41. The van der Waals surface area contributed by atoms with Gasteiger partial charge in [-0.15, -0.1) is 0 Å². The molecular formula is C22H21NO2. The molecule has 1 saturated heterocycles. The molecule has 2 aliphatic heterocycles. The number of ether oxygens (including phenoxy) is 2. The van der Waals surface area contributed by atoms with Crippen molar-refractivity contribution in [2.75, 3.05) is 13.7 Å². The highest BCUT2D eigenvalue weighted by molar-refractivity contribution is 5.90. The van der Waals surface area contributed by atoms with Crippen LogP contribution in [0, 0.1) is 0 Å². The van der Waals surface area contributed by atoms with Crippen molar-refractivity contribution in [3.8, 4) is 11.5 Å². The Morgan fingerprint density at radius 3 is 2.72 bits per heavy atom. The van der Waals surface area contributed by atoms with Crippen LogP contribution in [0.25, 0.3) is 10.8 Å². The molecule has 25 heavy (non-hydrogen) atoms. The number of nitrogens with zero attached hydrogens (tertiary/aromatic N) is 1. The second-order valence-electron chi connectivity index (χ2n) is 6.83. The molecule has 0 radical (unpaired) electrons. The van der Waals surface area contributed by atoms with Crippen LogP contribution in [0.1, 0.15) is 30.0 Å². The van der Waals surface area contributed by atoms with E-state index in [9.17, 15) is 0 Å². The summed E-state index contributed by atoms with van der Waals surface area (Å²) >= 11 is 0. The number of methoxy groups -OCH3 is 1. The molecule has 3 nitrogen and oxygen atoms in total. The van der Waals surface area contributed by atoms with Crippen LogP contribution in [0.2, 0.25) is 0 Å². The van der Waals surface area contributed by atoms with Gasteiger partial charge in [0.15, 0.2) is 6.23 Å². The second-order valence-corrected chi connectivity index (χ2v) is 6.83. The Hall–Kier alpha value is -2.52. The van der Waals surface area contributed by atoms with Crippen molar-refractivity contribution in [2.45, 2.75) is 25.1 Å². The third-order valence-corrected chi connectivity index (χ3v) is 5.45. The van der Waals surface area contributed by atoms with Crippen LogP contribution in [0.5, 0.6) is 11.5 Å². The molecule has 0 aliphatic carbocycles. The summed E-state index contributed by atoms with van der Waals surface area (Å²) in [5.74, 6) is 1.90. The topological polar surface area (TPSA) is 21.7 Å². The summed E-state index contributed by atoms with van der Waals surface area (Å²) in [7, 11) is 1.72. The Bertz CT molecular complexity index is 922. The number of rotatable bonds is 2. The van der Waals surface area contributed by atoms with E-state index in [2.05, 4.69) is 59.5 Å². The third kappa shape index (κ3) is 2.30. The summed E-state index contributed by atoms with van der Waals surface area (Å²) in [5.41, 5.74) is 2.59. The highest BCUT2D eigenvalue weighted by atomic mass is 16.5. The molecule has 3 heteroatoms. The van der Waals surface area contributed by atoms with Crippen molar-refractivity contribution in [2.24, 2.45) is 0 Å². The number of benzene rings is 3. The fraction of sp³-hybridized carbons (Fsp3) is 0.273. The lowest BCUT2D eigenvalue weighted by Gasteiger charge is -2.40. The molecule has 0 saturated carbocycles. The minimum Gasteiger partial charge on any atom is -0.497 e. The van der Waals surface area contributed by atoms with E-state index in [1.807, 2.05) is 6.07 Å². The summed E-state index contributed by atoms with van der Waals surface area (Å²) in [4.78, 5) is 2.51. The molecule has 0 N–H and O–H groups in total. The predicted octanol–water partition coefficient (Wildman–Crippen LogP) is 4.75. The molecule has 0 spiro atoms. The number of hydrogen-bond acceptors (Lipinski definition) is 3. The molecule has 1 fully saturated rings. The van der Waals surface area contributed by atoms with Gasteiger partial charge in [0, 0.05) is 12.1 Å². The Kier molecular flexibility index (Phi) is 3.42. The Labute approximate surface area is 147 Å². The van der Waals surface area contributed by atoms with Gasteiger partial charge in [-0.1, -0.05) is 42.5 Å². The Balaban J connectivity index is 1.79. The van der Waals surface area contributed by atoms with Crippen molar-refractivity contribution >= 4 is 10.8 Å².